The predicted molar refractivity (Wildman–Crippen MR) is 358 cm³/mol. The van der Waals surface area contributed by atoms with E-state index in [-0.39, 0.29) is 25.7 Å². The Bertz CT molecular complexity index is 1750. The molecule has 0 aliphatic heterocycles. The van der Waals surface area contributed by atoms with Gasteiger partial charge >= 0.3 is 39.5 Å². The second kappa shape index (κ2) is 61.0. The lowest BCUT2D eigenvalue weighted by Gasteiger charge is -2.21. The summed E-state index contributed by atoms with van der Waals surface area (Å²) in [6.45, 7) is 11.8. The number of ether oxygens (including phenoxy) is 4. The molecule has 0 bridgehead atoms. The molecule has 0 saturated heterocycles. The molecule has 3 N–H and O–H groups in total. The summed E-state index contributed by atoms with van der Waals surface area (Å²) in [7, 11) is -9.90. The van der Waals surface area contributed by atoms with Gasteiger partial charge in [0.2, 0.25) is 0 Å². The van der Waals surface area contributed by atoms with E-state index in [1.165, 1.54) is 161 Å². The van der Waals surface area contributed by atoms with Gasteiger partial charge in [0.15, 0.2) is 12.2 Å². The molecule has 0 aromatic rings. The quantitative estimate of drug-likeness (QED) is 0.0222. The summed E-state index contributed by atoms with van der Waals surface area (Å²) >= 11 is 0. The summed E-state index contributed by atoms with van der Waals surface area (Å²) in [5.41, 5.74) is 0. The lowest BCUT2D eigenvalue weighted by molar-refractivity contribution is -0.161. The fraction of sp³-hybridized carbons (Fsp3) is 0.943. The summed E-state index contributed by atoms with van der Waals surface area (Å²) in [6, 6.07) is 0. The minimum atomic E-state index is -4.95. The van der Waals surface area contributed by atoms with Crippen molar-refractivity contribution in [1.82, 2.24) is 0 Å². The molecule has 0 fully saturated rings. The number of rotatable bonds is 68. The topological polar surface area (TPSA) is 237 Å². The predicted octanol–water partition coefficient (Wildman–Crippen LogP) is 19.8. The molecular formula is C70H136O17P2. The van der Waals surface area contributed by atoms with Crippen LogP contribution >= 0.6 is 15.6 Å². The lowest BCUT2D eigenvalue weighted by atomic mass is 9.99. The molecule has 19 heteroatoms. The number of carbonyl (C=O) groups excluding carboxylic acids is 4. The molecule has 6 atom stereocenters. The van der Waals surface area contributed by atoms with Gasteiger partial charge in [-0.05, 0) is 43.4 Å². The summed E-state index contributed by atoms with van der Waals surface area (Å²) < 4.78 is 68.3. The maximum absolute atomic E-state index is 13.0. The largest absolute Gasteiger partial charge is 0.472 e. The van der Waals surface area contributed by atoms with Crippen LogP contribution in [0, 0.1) is 17.8 Å². The van der Waals surface area contributed by atoms with Gasteiger partial charge in [0, 0.05) is 25.7 Å². The maximum atomic E-state index is 13.0. The molecule has 0 heterocycles. The van der Waals surface area contributed by atoms with E-state index in [4.69, 9.17) is 37.0 Å². The van der Waals surface area contributed by atoms with E-state index in [2.05, 4.69) is 48.5 Å². The van der Waals surface area contributed by atoms with E-state index in [0.29, 0.717) is 25.7 Å². The number of phosphoric acid groups is 2. The highest BCUT2D eigenvalue weighted by Crippen LogP contribution is 2.45. The minimum absolute atomic E-state index is 0.105. The van der Waals surface area contributed by atoms with Crippen LogP contribution < -0.4 is 0 Å². The Kier molecular flexibility index (Phi) is 59.6. The summed E-state index contributed by atoms with van der Waals surface area (Å²) in [5.74, 6) is 0.157. The highest BCUT2D eigenvalue weighted by Gasteiger charge is 2.30. The zero-order valence-corrected chi connectivity index (χ0v) is 59.7. The number of phosphoric ester groups is 2. The van der Waals surface area contributed by atoms with Crippen molar-refractivity contribution in [1.29, 1.82) is 0 Å². The summed E-state index contributed by atoms with van der Waals surface area (Å²) in [5, 5.41) is 10.6. The number of hydrogen-bond acceptors (Lipinski definition) is 15. The highest BCUT2D eigenvalue weighted by atomic mass is 31.2. The van der Waals surface area contributed by atoms with Gasteiger partial charge < -0.3 is 33.8 Å². The molecule has 528 valence electrons. The van der Waals surface area contributed by atoms with E-state index in [0.717, 1.165) is 108 Å². The van der Waals surface area contributed by atoms with Crippen molar-refractivity contribution in [2.24, 2.45) is 17.8 Å². The number of esters is 4. The molecule has 89 heavy (non-hydrogen) atoms. The van der Waals surface area contributed by atoms with Crippen LogP contribution in [0.2, 0.25) is 0 Å². The van der Waals surface area contributed by atoms with Gasteiger partial charge in [0.05, 0.1) is 26.4 Å². The van der Waals surface area contributed by atoms with Crippen molar-refractivity contribution in [3.63, 3.8) is 0 Å². The third-order valence-electron chi connectivity index (χ3n) is 16.5. The van der Waals surface area contributed by atoms with Crippen LogP contribution in [0.25, 0.3) is 0 Å². The first-order valence-corrected chi connectivity index (χ1v) is 39.4. The Morgan fingerprint density at radius 3 is 0.854 bits per heavy atom. The van der Waals surface area contributed by atoms with Crippen molar-refractivity contribution in [2.75, 3.05) is 39.6 Å². The number of aliphatic hydroxyl groups is 1. The monoisotopic (exact) mass is 1310 g/mol. The van der Waals surface area contributed by atoms with E-state index in [1.54, 1.807) is 0 Å². The van der Waals surface area contributed by atoms with E-state index in [1.807, 2.05) is 0 Å². The first kappa shape index (κ1) is 87.1. The van der Waals surface area contributed by atoms with Gasteiger partial charge in [-0.2, -0.15) is 0 Å². The van der Waals surface area contributed by atoms with Crippen molar-refractivity contribution >= 4 is 39.5 Å². The standard InChI is InChI=1S/C70H136O17P2/c1-8-10-11-12-13-14-15-23-30-37-44-51-67(72)80-57-66(87-70(75)54-47-40-33-26-19-21-28-35-42-49-62(5)6)60-85-89(78,79)83-56-64(71)55-82-88(76,77)84-59-65(58-81-68(73)52-45-38-31-25-18-20-27-34-41-48-61(3)4)86-69(74)53-46-39-32-24-17-16-22-29-36-43-50-63(7)9-2/h61-66,71H,8-60H2,1-7H3,(H,76,77)(H,78,79)/t63?,64-,65-,66-/m1/s1. The smallest absolute Gasteiger partial charge is 0.462 e. The van der Waals surface area contributed by atoms with Crippen LogP contribution in [-0.2, 0) is 65.4 Å². The SMILES string of the molecule is CCCCCCCCCCCCCC(=O)OC[C@H](COP(=O)(O)OC[C@H](O)COP(=O)(O)OC[C@@H](COC(=O)CCCCCCCCCCCC(C)C)OC(=O)CCCCCCCCCCCCC(C)CC)OC(=O)CCCCCCCCCCCC(C)C. The first-order valence-electron chi connectivity index (χ1n) is 36.4. The molecule has 0 aliphatic carbocycles. The normalized spacial score (nSPS) is 14.5. The zero-order chi connectivity index (χ0) is 65.9. The Labute approximate surface area is 543 Å². The van der Waals surface area contributed by atoms with Gasteiger partial charge in [-0.1, -0.05) is 299 Å². The van der Waals surface area contributed by atoms with Crippen LogP contribution in [0.5, 0.6) is 0 Å². The van der Waals surface area contributed by atoms with Crippen molar-refractivity contribution in [2.45, 2.75) is 369 Å². The highest BCUT2D eigenvalue weighted by molar-refractivity contribution is 7.47. The average Bonchev–Trinajstić information content (AvgIpc) is 3.57. The van der Waals surface area contributed by atoms with Crippen LogP contribution in [0.3, 0.4) is 0 Å². The van der Waals surface area contributed by atoms with Crippen LogP contribution in [-0.4, -0.2) is 96.7 Å². The number of aliphatic hydroxyl groups excluding tert-OH is 1. The Balaban J connectivity index is 5.27. The van der Waals surface area contributed by atoms with Gasteiger partial charge in [-0.15, -0.1) is 0 Å². The molecule has 17 nitrogen and oxygen atoms in total. The van der Waals surface area contributed by atoms with Gasteiger partial charge in [0.25, 0.3) is 0 Å². The van der Waals surface area contributed by atoms with Crippen molar-refractivity contribution < 1.29 is 80.2 Å². The van der Waals surface area contributed by atoms with Crippen molar-refractivity contribution in [3.05, 3.63) is 0 Å². The van der Waals surface area contributed by atoms with Gasteiger partial charge in [-0.25, -0.2) is 9.13 Å². The van der Waals surface area contributed by atoms with Gasteiger partial charge in [-0.3, -0.25) is 37.3 Å². The summed E-state index contributed by atoms with van der Waals surface area (Å²) in [4.78, 5) is 72.5. The van der Waals surface area contributed by atoms with Gasteiger partial charge in [0.1, 0.15) is 19.3 Å². The third kappa shape index (κ3) is 63.2. The Hall–Kier alpha value is -1.94. The maximum Gasteiger partial charge on any atom is 0.472 e. The molecule has 0 aliphatic rings. The number of carbonyl (C=O) groups is 4. The number of unbranched alkanes of at least 4 members (excludes halogenated alkanes) is 35. The molecular weight excluding hydrogens is 1170 g/mol. The molecule has 0 spiro atoms. The third-order valence-corrected chi connectivity index (χ3v) is 18.4. The fourth-order valence-electron chi connectivity index (χ4n) is 10.5. The Morgan fingerprint density at radius 2 is 0.573 bits per heavy atom. The molecule has 0 amide bonds. The minimum Gasteiger partial charge on any atom is -0.462 e. The van der Waals surface area contributed by atoms with E-state index < -0.39 is 97.5 Å². The van der Waals surface area contributed by atoms with E-state index in [9.17, 15) is 43.2 Å². The summed E-state index contributed by atoms with van der Waals surface area (Å²) in [6.07, 6.45) is 44.3. The molecule has 0 radical (unpaired) electrons. The van der Waals surface area contributed by atoms with Crippen LogP contribution in [0.1, 0.15) is 350 Å². The molecule has 0 rings (SSSR count). The molecule has 0 saturated carbocycles. The van der Waals surface area contributed by atoms with Crippen LogP contribution in [0.15, 0.2) is 0 Å². The van der Waals surface area contributed by atoms with Crippen molar-refractivity contribution in [3.8, 4) is 0 Å². The molecule has 3 unspecified atom stereocenters. The first-order chi connectivity index (χ1) is 42.8. The lowest BCUT2D eigenvalue weighted by Crippen LogP contribution is -2.30. The molecule has 0 aromatic heterocycles. The average molecular weight is 1310 g/mol. The number of hydrogen-bond donors (Lipinski definition) is 3. The Morgan fingerprint density at radius 1 is 0.326 bits per heavy atom. The zero-order valence-electron chi connectivity index (χ0n) is 57.9. The fourth-order valence-corrected chi connectivity index (χ4v) is 12.1. The van der Waals surface area contributed by atoms with Crippen LogP contribution in [0.4, 0.5) is 0 Å². The van der Waals surface area contributed by atoms with E-state index >= 15 is 0 Å². The molecule has 0 aromatic carbocycles. The second-order valence-corrected chi connectivity index (χ2v) is 29.4. The second-order valence-electron chi connectivity index (χ2n) is 26.5.